The summed E-state index contributed by atoms with van der Waals surface area (Å²) in [5.74, 6) is -0.00378. The molecule has 24 heavy (non-hydrogen) atoms. The van der Waals surface area contributed by atoms with Crippen LogP contribution in [0.1, 0.15) is 27.4 Å². The molecule has 3 nitrogen and oxygen atoms in total. The lowest BCUT2D eigenvalue weighted by Crippen LogP contribution is -2.48. The monoisotopic (exact) mass is 314 g/mol. The van der Waals surface area contributed by atoms with Crippen LogP contribution in [-0.2, 0) is 0 Å². The van der Waals surface area contributed by atoms with Crippen molar-refractivity contribution in [2.75, 3.05) is 5.32 Å². The van der Waals surface area contributed by atoms with Crippen LogP contribution in [0, 0.1) is 0 Å². The van der Waals surface area contributed by atoms with E-state index in [0.717, 1.165) is 5.69 Å². The maximum Gasteiger partial charge on any atom is 0.254 e. The van der Waals surface area contributed by atoms with Crippen LogP contribution in [0.4, 0.5) is 5.69 Å². The van der Waals surface area contributed by atoms with Crippen LogP contribution in [0.2, 0.25) is 0 Å². The highest BCUT2D eigenvalue weighted by molar-refractivity contribution is 6.01. The van der Waals surface area contributed by atoms with Gasteiger partial charge in [-0.1, -0.05) is 72.8 Å². The number of carbonyl (C=O) groups excluding carboxylic acids is 1. The summed E-state index contributed by atoms with van der Waals surface area (Å²) in [4.78, 5) is 12.5. The van der Waals surface area contributed by atoms with E-state index < -0.39 is 0 Å². The van der Waals surface area contributed by atoms with E-state index in [2.05, 4.69) is 34.9 Å². The van der Waals surface area contributed by atoms with Gasteiger partial charge < -0.3 is 10.6 Å². The van der Waals surface area contributed by atoms with Crippen LogP contribution in [0.3, 0.4) is 0 Å². The Hall–Kier alpha value is -3.07. The highest BCUT2D eigenvalue weighted by Crippen LogP contribution is 2.32. The molecule has 1 aliphatic rings. The van der Waals surface area contributed by atoms with Gasteiger partial charge in [0.2, 0.25) is 0 Å². The van der Waals surface area contributed by atoms with Crippen molar-refractivity contribution in [1.82, 2.24) is 5.32 Å². The molecule has 3 aromatic carbocycles. The van der Waals surface area contributed by atoms with Gasteiger partial charge in [0.15, 0.2) is 0 Å². The molecule has 118 valence electrons. The van der Waals surface area contributed by atoms with Gasteiger partial charge in [0.25, 0.3) is 5.91 Å². The van der Waals surface area contributed by atoms with Crippen LogP contribution in [0.25, 0.3) is 0 Å². The van der Waals surface area contributed by atoms with E-state index in [1.807, 2.05) is 60.7 Å². The zero-order valence-corrected chi connectivity index (χ0v) is 13.1. The number of nitrogens with one attached hydrogen (secondary N) is 2. The third kappa shape index (κ3) is 2.65. The van der Waals surface area contributed by atoms with Crippen molar-refractivity contribution in [2.45, 2.75) is 12.1 Å². The number of fused-ring (bicyclic) bond motifs is 1. The van der Waals surface area contributed by atoms with Gasteiger partial charge in [0.05, 0.1) is 5.56 Å². The number of benzene rings is 3. The second kappa shape index (κ2) is 6.20. The van der Waals surface area contributed by atoms with E-state index in [4.69, 9.17) is 0 Å². The number of hydrogen-bond donors (Lipinski definition) is 2. The second-order valence-electron chi connectivity index (χ2n) is 5.94. The first-order chi connectivity index (χ1) is 11.8. The summed E-state index contributed by atoms with van der Waals surface area (Å²) in [6.45, 7) is 0. The smallest absolute Gasteiger partial charge is 0.254 e. The van der Waals surface area contributed by atoms with Gasteiger partial charge in [-0.25, -0.2) is 0 Å². The van der Waals surface area contributed by atoms with Crippen LogP contribution in [0.5, 0.6) is 0 Å². The van der Waals surface area contributed by atoms with E-state index in [1.165, 1.54) is 11.1 Å². The molecular weight excluding hydrogens is 296 g/mol. The molecule has 0 fully saturated rings. The summed E-state index contributed by atoms with van der Waals surface area (Å²) in [6, 6.07) is 28.2. The van der Waals surface area contributed by atoms with E-state index in [9.17, 15) is 4.79 Å². The molecule has 1 aliphatic heterocycles. The molecule has 0 bridgehead atoms. The summed E-state index contributed by atoms with van der Waals surface area (Å²) < 4.78 is 0. The van der Waals surface area contributed by atoms with Crippen molar-refractivity contribution < 1.29 is 4.79 Å². The molecular formula is C21H18N2O. The van der Waals surface area contributed by atoms with Crippen molar-refractivity contribution in [2.24, 2.45) is 0 Å². The van der Waals surface area contributed by atoms with Gasteiger partial charge in [-0.05, 0) is 23.3 Å². The fraction of sp³-hybridized carbons (Fsp3) is 0.0952. The molecule has 0 aromatic heterocycles. The Morgan fingerprint density at radius 1 is 0.667 bits per heavy atom. The molecule has 2 N–H and O–H groups in total. The normalized spacial score (nSPS) is 16.2. The van der Waals surface area contributed by atoms with Gasteiger partial charge in [0.1, 0.15) is 6.17 Å². The fourth-order valence-electron chi connectivity index (χ4n) is 3.29. The molecule has 3 heteroatoms. The first-order valence-electron chi connectivity index (χ1n) is 8.09. The highest BCUT2D eigenvalue weighted by atomic mass is 16.2. The van der Waals surface area contributed by atoms with Crippen LogP contribution < -0.4 is 10.6 Å². The van der Waals surface area contributed by atoms with Crippen LogP contribution in [-0.4, -0.2) is 12.1 Å². The quantitative estimate of drug-likeness (QED) is 0.767. The summed E-state index contributed by atoms with van der Waals surface area (Å²) in [7, 11) is 0. The topological polar surface area (TPSA) is 41.1 Å². The number of hydrogen-bond acceptors (Lipinski definition) is 2. The largest absolute Gasteiger partial charge is 0.364 e. The van der Waals surface area contributed by atoms with Crippen molar-refractivity contribution in [3.05, 3.63) is 102 Å². The van der Waals surface area contributed by atoms with E-state index in [0.29, 0.717) is 5.56 Å². The lowest BCUT2D eigenvalue weighted by atomic mass is 9.87. The molecule has 0 saturated heterocycles. The van der Waals surface area contributed by atoms with Gasteiger partial charge in [-0.2, -0.15) is 0 Å². The Morgan fingerprint density at radius 3 is 1.83 bits per heavy atom. The first kappa shape index (κ1) is 14.5. The molecule has 4 rings (SSSR count). The zero-order chi connectivity index (χ0) is 16.4. The average molecular weight is 314 g/mol. The molecule has 1 heterocycles. The van der Waals surface area contributed by atoms with E-state index in [1.54, 1.807) is 0 Å². The maximum absolute atomic E-state index is 12.5. The lowest BCUT2D eigenvalue weighted by Gasteiger charge is -2.34. The fourth-order valence-corrected chi connectivity index (χ4v) is 3.29. The third-order valence-electron chi connectivity index (χ3n) is 4.42. The maximum atomic E-state index is 12.5. The zero-order valence-electron chi connectivity index (χ0n) is 13.1. The highest BCUT2D eigenvalue weighted by Gasteiger charge is 2.31. The van der Waals surface area contributed by atoms with Gasteiger partial charge in [-0.15, -0.1) is 0 Å². The minimum atomic E-state index is -0.197. The number of rotatable bonds is 3. The number of carbonyl (C=O) groups is 1. The summed E-state index contributed by atoms with van der Waals surface area (Å²) >= 11 is 0. The number of para-hydroxylation sites is 1. The molecule has 0 spiro atoms. The van der Waals surface area contributed by atoms with Crippen molar-refractivity contribution in [3.8, 4) is 0 Å². The van der Waals surface area contributed by atoms with Crippen molar-refractivity contribution in [1.29, 1.82) is 0 Å². The lowest BCUT2D eigenvalue weighted by molar-refractivity contribution is 0.0932. The Balaban J connectivity index is 1.77. The summed E-state index contributed by atoms with van der Waals surface area (Å²) in [5.41, 5.74) is 3.90. The van der Waals surface area contributed by atoms with E-state index >= 15 is 0 Å². The minimum Gasteiger partial charge on any atom is -0.364 e. The third-order valence-corrected chi connectivity index (χ3v) is 4.42. The average Bonchev–Trinajstić information content (AvgIpc) is 2.64. The predicted octanol–water partition coefficient (Wildman–Crippen LogP) is 4.00. The Labute approximate surface area is 141 Å². The Bertz CT molecular complexity index is 806. The molecule has 0 unspecified atom stereocenters. The molecule has 0 radical (unpaired) electrons. The summed E-state index contributed by atoms with van der Waals surface area (Å²) in [6.07, 6.45) is -0.197. The SMILES string of the molecule is O=C1N[C@@H](C(c2ccccc2)c2ccccc2)Nc2ccccc21. The molecule has 3 aromatic rings. The van der Waals surface area contributed by atoms with Crippen molar-refractivity contribution in [3.63, 3.8) is 0 Å². The van der Waals surface area contributed by atoms with Crippen LogP contribution in [0.15, 0.2) is 84.9 Å². The van der Waals surface area contributed by atoms with Gasteiger partial charge >= 0.3 is 0 Å². The Morgan fingerprint density at radius 2 is 1.21 bits per heavy atom. The van der Waals surface area contributed by atoms with Gasteiger partial charge in [-0.3, -0.25) is 4.79 Å². The first-order valence-corrected chi connectivity index (χ1v) is 8.09. The summed E-state index contributed by atoms with van der Waals surface area (Å²) in [5, 5.41) is 6.61. The standard InChI is InChI=1S/C21H18N2O/c24-21-17-13-7-8-14-18(17)22-20(23-21)19(15-9-3-1-4-10-15)16-11-5-2-6-12-16/h1-14,19-20,22H,(H,23,24)/t20-/m0/s1. The predicted molar refractivity (Wildman–Crippen MR) is 96.0 cm³/mol. The minimum absolute atomic E-state index is 0.0321. The van der Waals surface area contributed by atoms with Crippen LogP contribution >= 0.6 is 0 Å². The van der Waals surface area contributed by atoms with Crippen molar-refractivity contribution >= 4 is 11.6 Å². The van der Waals surface area contributed by atoms with E-state index in [-0.39, 0.29) is 18.0 Å². The molecule has 1 amide bonds. The molecule has 0 aliphatic carbocycles. The van der Waals surface area contributed by atoms with Gasteiger partial charge in [0, 0.05) is 11.6 Å². The molecule has 1 atom stereocenters. The number of anilines is 1. The second-order valence-corrected chi connectivity index (χ2v) is 5.94. The molecule has 0 saturated carbocycles. The Kier molecular flexibility index (Phi) is 3.75. The number of amides is 1.